The van der Waals surface area contributed by atoms with Gasteiger partial charge < -0.3 is 10.4 Å². The molecule has 0 heterocycles. The molecule has 22 heavy (non-hydrogen) atoms. The summed E-state index contributed by atoms with van der Waals surface area (Å²) in [6.45, 7) is 1.93. The lowest BCUT2D eigenvalue weighted by atomic mass is 10.1. The lowest BCUT2D eigenvalue weighted by molar-refractivity contribution is 0.0857. The molecule has 0 spiro atoms. The number of hydrogen-bond acceptors (Lipinski definition) is 3. The summed E-state index contributed by atoms with van der Waals surface area (Å²) in [7, 11) is 0. The maximum absolute atomic E-state index is 12.6. The summed E-state index contributed by atoms with van der Waals surface area (Å²) in [5, 5.41) is 13.3. The Bertz CT molecular complexity index is 714. The summed E-state index contributed by atoms with van der Waals surface area (Å²) in [5.41, 5.74) is 3.73. The highest BCUT2D eigenvalue weighted by molar-refractivity contribution is 7.98. The van der Waals surface area contributed by atoms with Crippen molar-refractivity contribution in [2.45, 2.75) is 30.4 Å². The van der Waals surface area contributed by atoms with Crippen LogP contribution in [0.1, 0.15) is 33.1 Å². The van der Waals surface area contributed by atoms with E-state index in [1.807, 2.05) is 55.6 Å². The number of aryl methyl sites for hydroxylation is 1. The molecule has 1 amide bonds. The number of nitrogens with one attached hydrogen (secondary N) is 1. The molecule has 0 unspecified atom stereocenters. The number of rotatable bonds is 3. The predicted octanol–water partition coefficient (Wildman–Crippen LogP) is 3.11. The molecule has 0 aliphatic heterocycles. The van der Waals surface area contributed by atoms with Gasteiger partial charge in [-0.2, -0.15) is 0 Å². The lowest BCUT2D eigenvalue weighted by Crippen LogP contribution is -2.34. The summed E-state index contributed by atoms with van der Waals surface area (Å²) in [6, 6.07) is 13.4. The van der Waals surface area contributed by atoms with Gasteiger partial charge in [0.25, 0.3) is 5.91 Å². The topological polar surface area (TPSA) is 49.3 Å². The Morgan fingerprint density at radius 1 is 1.27 bits per heavy atom. The molecule has 0 radical (unpaired) electrons. The SMILES string of the molecule is CSc1ccc(C)c(C(=O)N[C@H]2c3ccccc3C[C@H]2O)c1. The molecule has 4 heteroatoms. The van der Waals surface area contributed by atoms with Crippen molar-refractivity contribution in [1.82, 2.24) is 5.32 Å². The first-order chi connectivity index (χ1) is 10.6. The van der Waals surface area contributed by atoms with Gasteiger partial charge in [0.15, 0.2) is 0 Å². The first-order valence-electron chi connectivity index (χ1n) is 7.31. The third kappa shape index (κ3) is 2.76. The molecule has 1 aliphatic rings. The number of thioether (sulfide) groups is 1. The molecule has 2 aromatic rings. The van der Waals surface area contributed by atoms with Crippen LogP contribution in [0.15, 0.2) is 47.4 Å². The van der Waals surface area contributed by atoms with Crippen LogP contribution in [0.2, 0.25) is 0 Å². The van der Waals surface area contributed by atoms with E-state index in [-0.39, 0.29) is 11.9 Å². The van der Waals surface area contributed by atoms with Crippen molar-refractivity contribution in [2.75, 3.05) is 6.26 Å². The summed E-state index contributed by atoms with van der Waals surface area (Å²) in [4.78, 5) is 13.7. The van der Waals surface area contributed by atoms with E-state index >= 15 is 0 Å². The normalized spacial score (nSPS) is 19.8. The van der Waals surface area contributed by atoms with Crippen molar-refractivity contribution in [3.63, 3.8) is 0 Å². The Balaban J connectivity index is 1.86. The molecular weight excluding hydrogens is 294 g/mol. The number of benzene rings is 2. The zero-order chi connectivity index (χ0) is 15.7. The van der Waals surface area contributed by atoms with Crippen molar-refractivity contribution < 1.29 is 9.90 Å². The Kier molecular flexibility index (Phi) is 4.23. The van der Waals surface area contributed by atoms with E-state index in [0.717, 1.165) is 21.6 Å². The van der Waals surface area contributed by atoms with E-state index < -0.39 is 6.10 Å². The molecule has 0 saturated carbocycles. The van der Waals surface area contributed by atoms with Gasteiger partial charge in [0, 0.05) is 16.9 Å². The average Bonchev–Trinajstić information content (AvgIpc) is 2.84. The van der Waals surface area contributed by atoms with Crippen LogP contribution in [0.5, 0.6) is 0 Å². The molecule has 114 valence electrons. The van der Waals surface area contributed by atoms with Gasteiger partial charge in [-0.25, -0.2) is 0 Å². The van der Waals surface area contributed by atoms with Crippen LogP contribution in [0, 0.1) is 6.92 Å². The van der Waals surface area contributed by atoms with Gasteiger partial charge in [-0.3, -0.25) is 4.79 Å². The number of carbonyl (C=O) groups is 1. The van der Waals surface area contributed by atoms with E-state index in [4.69, 9.17) is 0 Å². The standard InChI is InChI=1S/C18H19NO2S/c1-11-7-8-13(22-2)10-15(11)18(21)19-17-14-6-4-3-5-12(14)9-16(17)20/h3-8,10,16-17,20H,9H2,1-2H3,(H,19,21)/t16-,17+/m1/s1. The molecule has 0 fully saturated rings. The van der Waals surface area contributed by atoms with Crippen LogP contribution in [-0.2, 0) is 6.42 Å². The fourth-order valence-corrected chi connectivity index (χ4v) is 3.38. The molecular formula is C18H19NO2S. The van der Waals surface area contributed by atoms with Crippen LogP contribution < -0.4 is 5.32 Å². The third-order valence-electron chi connectivity index (χ3n) is 4.18. The minimum absolute atomic E-state index is 0.130. The van der Waals surface area contributed by atoms with Crippen LogP contribution in [-0.4, -0.2) is 23.4 Å². The van der Waals surface area contributed by atoms with Gasteiger partial charge >= 0.3 is 0 Å². The quantitative estimate of drug-likeness (QED) is 0.856. The summed E-state index contributed by atoms with van der Waals surface area (Å²) in [6.07, 6.45) is 2.01. The van der Waals surface area contributed by atoms with Gasteiger partial charge in [0.05, 0.1) is 12.1 Å². The summed E-state index contributed by atoms with van der Waals surface area (Å²) < 4.78 is 0. The number of aliphatic hydroxyl groups is 1. The van der Waals surface area contributed by atoms with Gasteiger partial charge in [-0.05, 0) is 42.0 Å². The zero-order valence-corrected chi connectivity index (χ0v) is 13.5. The van der Waals surface area contributed by atoms with Crippen molar-refractivity contribution in [3.8, 4) is 0 Å². The fraction of sp³-hybridized carbons (Fsp3) is 0.278. The van der Waals surface area contributed by atoms with Gasteiger partial charge in [0.1, 0.15) is 0 Å². The minimum atomic E-state index is -0.564. The van der Waals surface area contributed by atoms with E-state index in [2.05, 4.69) is 5.32 Å². The molecule has 3 rings (SSSR count). The van der Waals surface area contributed by atoms with E-state index in [1.165, 1.54) is 0 Å². The molecule has 3 nitrogen and oxygen atoms in total. The Hall–Kier alpha value is -1.78. The number of carbonyl (C=O) groups excluding carboxylic acids is 1. The van der Waals surface area contributed by atoms with Crippen LogP contribution >= 0.6 is 11.8 Å². The Labute approximate surface area is 134 Å². The van der Waals surface area contributed by atoms with Crippen LogP contribution in [0.25, 0.3) is 0 Å². The van der Waals surface area contributed by atoms with Crippen LogP contribution in [0.4, 0.5) is 0 Å². The lowest BCUT2D eigenvalue weighted by Gasteiger charge is -2.19. The van der Waals surface area contributed by atoms with E-state index in [9.17, 15) is 9.90 Å². The molecule has 0 aromatic heterocycles. The Morgan fingerprint density at radius 3 is 2.82 bits per heavy atom. The van der Waals surface area contributed by atoms with Crippen molar-refractivity contribution in [3.05, 3.63) is 64.7 Å². The largest absolute Gasteiger partial charge is 0.390 e. The number of amides is 1. The predicted molar refractivity (Wildman–Crippen MR) is 89.3 cm³/mol. The smallest absolute Gasteiger partial charge is 0.252 e. The molecule has 1 aliphatic carbocycles. The monoisotopic (exact) mass is 313 g/mol. The molecule has 2 N–H and O–H groups in total. The first-order valence-corrected chi connectivity index (χ1v) is 8.54. The second kappa shape index (κ2) is 6.15. The van der Waals surface area contributed by atoms with E-state index in [0.29, 0.717) is 12.0 Å². The van der Waals surface area contributed by atoms with Crippen LogP contribution in [0.3, 0.4) is 0 Å². The third-order valence-corrected chi connectivity index (χ3v) is 4.91. The molecule has 0 saturated heterocycles. The summed E-state index contributed by atoms with van der Waals surface area (Å²) in [5.74, 6) is -0.130. The maximum atomic E-state index is 12.6. The van der Waals surface area contributed by atoms with Gasteiger partial charge in [-0.1, -0.05) is 30.3 Å². The van der Waals surface area contributed by atoms with Crippen molar-refractivity contribution >= 4 is 17.7 Å². The van der Waals surface area contributed by atoms with E-state index in [1.54, 1.807) is 11.8 Å². The van der Waals surface area contributed by atoms with Gasteiger partial charge in [-0.15, -0.1) is 11.8 Å². The molecule has 2 aromatic carbocycles. The van der Waals surface area contributed by atoms with Crippen molar-refractivity contribution in [1.29, 1.82) is 0 Å². The second-order valence-corrected chi connectivity index (χ2v) is 6.48. The highest BCUT2D eigenvalue weighted by Gasteiger charge is 2.32. The highest BCUT2D eigenvalue weighted by atomic mass is 32.2. The van der Waals surface area contributed by atoms with Gasteiger partial charge in [0.2, 0.25) is 0 Å². The first kappa shape index (κ1) is 15.1. The molecule has 0 bridgehead atoms. The Morgan fingerprint density at radius 2 is 2.05 bits per heavy atom. The number of hydrogen-bond donors (Lipinski definition) is 2. The minimum Gasteiger partial charge on any atom is -0.390 e. The van der Waals surface area contributed by atoms with Crippen molar-refractivity contribution in [2.24, 2.45) is 0 Å². The average molecular weight is 313 g/mol. The highest BCUT2D eigenvalue weighted by Crippen LogP contribution is 2.31. The number of aliphatic hydroxyl groups excluding tert-OH is 1. The summed E-state index contributed by atoms with van der Waals surface area (Å²) >= 11 is 1.61. The maximum Gasteiger partial charge on any atom is 0.252 e. The fourth-order valence-electron chi connectivity index (χ4n) is 2.94. The number of fused-ring (bicyclic) bond motifs is 1. The molecule has 2 atom stereocenters. The second-order valence-electron chi connectivity index (χ2n) is 5.60. The zero-order valence-electron chi connectivity index (χ0n) is 12.7.